The predicted molar refractivity (Wildman–Crippen MR) is 33.2 cm³/mol. The SMILES string of the molecule is FCCCNC1COC1. The molecule has 0 aliphatic carbocycles. The van der Waals surface area contributed by atoms with Crippen LogP contribution < -0.4 is 5.32 Å². The molecule has 1 heterocycles. The van der Waals surface area contributed by atoms with Crippen molar-refractivity contribution >= 4 is 0 Å². The Labute approximate surface area is 54.4 Å². The minimum absolute atomic E-state index is 0.222. The van der Waals surface area contributed by atoms with Crippen LogP contribution in [0.15, 0.2) is 0 Å². The van der Waals surface area contributed by atoms with E-state index in [2.05, 4.69) is 5.32 Å². The van der Waals surface area contributed by atoms with Crippen LogP contribution in [0.25, 0.3) is 0 Å². The maximum Gasteiger partial charge on any atom is 0.0906 e. The third-order valence-corrected chi connectivity index (χ3v) is 1.38. The highest BCUT2D eigenvalue weighted by Crippen LogP contribution is 1.98. The fraction of sp³-hybridized carbons (Fsp3) is 1.00. The van der Waals surface area contributed by atoms with Crippen LogP contribution in [0.3, 0.4) is 0 Å². The molecular weight excluding hydrogens is 121 g/mol. The summed E-state index contributed by atoms with van der Waals surface area (Å²) in [5.41, 5.74) is 0. The molecule has 0 atom stereocenters. The molecule has 1 aliphatic rings. The third kappa shape index (κ3) is 2.28. The van der Waals surface area contributed by atoms with Crippen molar-refractivity contribution in [3.8, 4) is 0 Å². The van der Waals surface area contributed by atoms with Gasteiger partial charge in [-0.05, 0) is 13.0 Å². The van der Waals surface area contributed by atoms with Crippen LogP contribution in [0.1, 0.15) is 6.42 Å². The van der Waals surface area contributed by atoms with Crippen molar-refractivity contribution < 1.29 is 9.13 Å². The summed E-state index contributed by atoms with van der Waals surface area (Å²) in [4.78, 5) is 0. The molecule has 2 nitrogen and oxygen atoms in total. The number of alkyl halides is 1. The van der Waals surface area contributed by atoms with E-state index in [1.54, 1.807) is 0 Å². The first-order chi connectivity index (χ1) is 4.43. The van der Waals surface area contributed by atoms with Gasteiger partial charge in [-0.2, -0.15) is 0 Å². The molecule has 0 aromatic rings. The van der Waals surface area contributed by atoms with Gasteiger partial charge in [0, 0.05) is 0 Å². The van der Waals surface area contributed by atoms with Crippen molar-refractivity contribution in [1.82, 2.24) is 5.32 Å². The zero-order valence-corrected chi connectivity index (χ0v) is 5.40. The summed E-state index contributed by atoms with van der Waals surface area (Å²) in [7, 11) is 0. The van der Waals surface area contributed by atoms with E-state index in [1.807, 2.05) is 0 Å². The quantitative estimate of drug-likeness (QED) is 0.558. The van der Waals surface area contributed by atoms with Gasteiger partial charge in [0.05, 0.1) is 25.9 Å². The first kappa shape index (κ1) is 6.96. The summed E-state index contributed by atoms with van der Waals surface area (Å²) in [6, 6.07) is 0.497. The maximum absolute atomic E-state index is 11.5. The van der Waals surface area contributed by atoms with Crippen LogP contribution >= 0.6 is 0 Å². The summed E-state index contributed by atoms with van der Waals surface area (Å²) in [6.07, 6.45) is 0.622. The molecule has 1 fully saturated rings. The van der Waals surface area contributed by atoms with Gasteiger partial charge in [0.25, 0.3) is 0 Å². The van der Waals surface area contributed by atoms with Gasteiger partial charge in [0.2, 0.25) is 0 Å². The number of hydrogen-bond acceptors (Lipinski definition) is 2. The summed E-state index contributed by atoms with van der Waals surface area (Å²) < 4.78 is 16.4. The Morgan fingerprint density at radius 2 is 2.33 bits per heavy atom. The van der Waals surface area contributed by atoms with Gasteiger partial charge in [-0.1, -0.05) is 0 Å². The normalized spacial score (nSPS) is 19.7. The molecule has 9 heavy (non-hydrogen) atoms. The first-order valence-corrected chi connectivity index (χ1v) is 3.30. The molecule has 1 aliphatic heterocycles. The van der Waals surface area contributed by atoms with Gasteiger partial charge < -0.3 is 10.1 Å². The Hall–Kier alpha value is -0.150. The standard InChI is InChI=1S/C6H12FNO/c7-2-1-3-8-6-4-9-5-6/h6,8H,1-5H2. The summed E-state index contributed by atoms with van der Waals surface area (Å²) in [5.74, 6) is 0. The van der Waals surface area contributed by atoms with Crippen LogP contribution in [-0.4, -0.2) is 32.5 Å². The van der Waals surface area contributed by atoms with Gasteiger partial charge in [0.15, 0.2) is 0 Å². The number of hydrogen-bond donors (Lipinski definition) is 1. The van der Waals surface area contributed by atoms with E-state index in [4.69, 9.17) is 4.74 Å². The zero-order chi connectivity index (χ0) is 6.53. The van der Waals surface area contributed by atoms with E-state index in [0.29, 0.717) is 12.5 Å². The molecule has 0 bridgehead atoms. The van der Waals surface area contributed by atoms with Crippen LogP contribution in [0.2, 0.25) is 0 Å². The molecule has 3 heteroatoms. The monoisotopic (exact) mass is 133 g/mol. The average molecular weight is 133 g/mol. The van der Waals surface area contributed by atoms with Crippen LogP contribution in [-0.2, 0) is 4.74 Å². The molecule has 0 aromatic carbocycles. The van der Waals surface area contributed by atoms with Crippen molar-refractivity contribution in [2.24, 2.45) is 0 Å². The van der Waals surface area contributed by atoms with Gasteiger partial charge in [-0.15, -0.1) is 0 Å². The lowest BCUT2D eigenvalue weighted by Gasteiger charge is -2.26. The smallest absolute Gasteiger partial charge is 0.0906 e. The molecular formula is C6H12FNO. The number of halogens is 1. The van der Waals surface area contributed by atoms with Gasteiger partial charge >= 0.3 is 0 Å². The van der Waals surface area contributed by atoms with Crippen molar-refractivity contribution in [3.63, 3.8) is 0 Å². The average Bonchev–Trinajstić information content (AvgIpc) is 1.76. The molecule has 1 N–H and O–H groups in total. The highest BCUT2D eigenvalue weighted by atomic mass is 19.1. The summed E-state index contributed by atoms with van der Waals surface area (Å²) >= 11 is 0. The Morgan fingerprint density at radius 3 is 2.78 bits per heavy atom. The Morgan fingerprint density at radius 1 is 1.56 bits per heavy atom. The topological polar surface area (TPSA) is 21.3 Å². The van der Waals surface area contributed by atoms with Crippen LogP contribution in [0.4, 0.5) is 4.39 Å². The molecule has 1 saturated heterocycles. The predicted octanol–water partition coefficient (Wildman–Crippen LogP) is 0.334. The minimum Gasteiger partial charge on any atom is -0.378 e. The first-order valence-electron chi connectivity index (χ1n) is 3.30. The van der Waals surface area contributed by atoms with Gasteiger partial charge in [0.1, 0.15) is 0 Å². The van der Waals surface area contributed by atoms with Crippen molar-refractivity contribution in [2.45, 2.75) is 12.5 Å². The molecule has 0 spiro atoms. The molecule has 0 amide bonds. The fourth-order valence-electron chi connectivity index (χ4n) is 0.727. The van der Waals surface area contributed by atoms with E-state index in [1.165, 1.54) is 0 Å². The lowest BCUT2D eigenvalue weighted by molar-refractivity contribution is -0.00506. The summed E-state index contributed by atoms with van der Waals surface area (Å²) in [6.45, 7) is 2.16. The molecule has 0 saturated carbocycles. The summed E-state index contributed by atoms with van der Waals surface area (Å²) in [5, 5.41) is 3.16. The number of rotatable bonds is 4. The van der Waals surface area contributed by atoms with Gasteiger partial charge in [-0.25, -0.2) is 0 Å². The Bertz CT molecular complexity index is 75.5. The third-order valence-electron chi connectivity index (χ3n) is 1.38. The van der Waals surface area contributed by atoms with Crippen LogP contribution in [0.5, 0.6) is 0 Å². The zero-order valence-electron chi connectivity index (χ0n) is 5.40. The van der Waals surface area contributed by atoms with E-state index in [0.717, 1.165) is 19.8 Å². The molecule has 0 aromatic heterocycles. The van der Waals surface area contributed by atoms with E-state index in [9.17, 15) is 4.39 Å². The van der Waals surface area contributed by atoms with E-state index < -0.39 is 0 Å². The maximum atomic E-state index is 11.5. The Balaban J connectivity index is 1.80. The minimum atomic E-state index is -0.222. The molecule has 0 radical (unpaired) electrons. The van der Waals surface area contributed by atoms with E-state index in [-0.39, 0.29) is 6.67 Å². The highest BCUT2D eigenvalue weighted by molar-refractivity contribution is 4.71. The highest BCUT2D eigenvalue weighted by Gasteiger charge is 2.16. The van der Waals surface area contributed by atoms with Crippen molar-refractivity contribution in [1.29, 1.82) is 0 Å². The second-order valence-electron chi connectivity index (χ2n) is 2.23. The van der Waals surface area contributed by atoms with Crippen molar-refractivity contribution in [3.05, 3.63) is 0 Å². The second kappa shape index (κ2) is 3.80. The second-order valence-corrected chi connectivity index (χ2v) is 2.23. The van der Waals surface area contributed by atoms with E-state index >= 15 is 0 Å². The largest absolute Gasteiger partial charge is 0.378 e. The fourth-order valence-corrected chi connectivity index (χ4v) is 0.727. The van der Waals surface area contributed by atoms with Crippen LogP contribution in [0, 0.1) is 0 Å². The van der Waals surface area contributed by atoms with Gasteiger partial charge in [-0.3, -0.25) is 4.39 Å². The molecule has 1 rings (SSSR count). The lowest BCUT2D eigenvalue weighted by Crippen LogP contribution is -2.46. The number of ether oxygens (including phenoxy) is 1. The Kier molecular flexibility index (Phi) is 2.94. The van der Waals surface area contributed by atoms with Crippen molar-refractivity contribution in [2.75, 3.05) is 26.4 Å². The number of nitrogens with one attached hydrogen (secondary N) is 1. The molecule has 0 unspecified atom stereocenters. The molecule has 54 valence electrons. The lowest BCUT2D eigenvalue weighted by atomic mass is 10.2.